The fourth-order valence-corrected chi connectivity index (χ4v) is 1.63. The third kappa shape index (κ3) is 2.71. The van der Waals surface area contributed by atoms with Crippen LogP contribution in [0, 0.1) is 5.82 Å². The molecule has 0 amide bonds. The van der Waals surface area contributed by atoms with Gasteiger partial charge in [-0.3, -0.25) is 0 Å². The molecule has 0 fully saturated rings. The summed E-state index contributed by atoms with van der Waals surface area (Å²) in [5.41, 5.74) is 0.623. The van der Waals surface area contributed by atoms with Gasteiger partial charge in [0.1, 0.15) is 11.6 Å². The minimum atomic E-state index is -0.362. The van der Waals surface area contributed by atoms with Crippen LogP contribution in [-0.4, -0.2) is 4.98 Å². The monoisotopic (exact) mass is 300 g/mol. The summed E-state index contributed by atoms with van der Waals surface area (Å²) < 4.78 is 13.7. The van der Waals surface area contributed by atoms with Crippen molar-refractivity contribution in [3.63, 3.8) is 0 Å². The molecule has 0 saturated carbocycles. The summed E-state index contributed by atoms with van der Waals surface area (Å²) in [4.78, 5) is 4.13. The smallest absolute Gasteiger partial charge is 0.130 e. The summed E-state index contributed by atoms with van der Waals surface area (Å²) in [6.07, 6.45) is 1.67. The van der Waals surface area contributed by atoms with Crippen molar-refractivity contribution < 1.29 is 4.39 Å². The Bertz CT molecular complexity index is 502. The highest BCUT2D eigenvalue weighted by atomic mass is 79.9. The van der Waals surface area contributed by atoms with Crippen molar-refractivity contribution in [2.75, 3.05) is 5.32 Å². The fourth-order valence-electron chi connectivity index (χ4n) is 1.18. The number of halogens is 3. The minimum Gasteiger partial charge on any atom is -0.339 e. The first-order valence-corrected chi connectivity index (χ1v) is 5.66. The van der Waals surface area contributed by atoms with Crippen LogP contribution < -0.4 is 5.32 Å². The summed E-state index contributed by atoms with van der Waals surface area (Å²) in [6.45, 7) is 0. The molecule has 1 N–H and O–H groups in total. The molecule has 16 heavy (non-hydrogen) atoms. The van der Waals surface area contributed by atoms with E-state index in [9.17, 15) is 4.39 Å². The molecule has 0 aliphatic heterocycles. The molecule has 82 valence electrons. The molecular weight excluding hydrogens is 294 g/mol. The number of hydrogen-bond acceptors (Lipinski definition) is 2. The summed E-state index contributed by atoms with van der Waals surface area (Å²) in [5.74, 6) is 0.288. The van der Waals surface area contributed by atoms with Crippen LogP contribution in [0.25, 0.3) is 0 Å². The van der Waals surface area contributed by atoms with Crippen LogP contribution in [0.1, 0.15) is 0 Å². The first-order valence-electron chi connectivity index (χ1n) is 4.49. The molecule has 0 saturated heterocycles. The summed E-state index contributed by atoms with van der Waals surface area (Å²) in [7, 11) is 0. The second-order valence-corrected chi connectivity index (χ2v) is 4.43. The van der Waals surface area contributed by atoms with Gasteiger partial charge in [0.2, 0.25) is 0 Å². The number of anilines is 2. The number of pyridine rings is 1. The average Bonchev–Trinajstić information content (AvgIpc) is 2.25. The molecule has 5 heteroatoms. The Kier molecular flexibility index (Phi) is 3.41. The lowest BCUT2D eigenvalue weighted by molar-refractivity contribution is 0.628. The fraction of sp³-hybridized carbons (Fsp3) is 0. The normalized spacial score (nSPS) is 10.2. The number of nitrogens with zero attached hydrogens (tertiary/aromatic N) is 1. The third-order valence-electron chi connectivity index (χ3n) is 1.92. The zero-order valence-corrected chi connectivity index (χ0v) is 10.4. The number of nitrogens with one attached hydrogen (secondary N) is 1. The largest absolute Gasteiger partial charge is 0.339 e. The molecule has 2 rings (SSSR count). The molecule has 0 aliphatic rings. The maximum atomic E-state index is 12.8. The lowest BCUT2D eigenvalue weighted by atomic mass is 10.3. The van der Waals surface area contributed by atoms with Crippen LogP contribution in [-0.2, 0) is 0 Å². The van der Waals surface area contributed by atoms with E-state index in [-0.39, 0.29) is 5.82 Å². The maximum absolute atomic E-state index is 12.8. The van der Waals surface area contributed by atoms with E-state index in [1.54, 1.807) is 18.3 Å². The Morgan fingerprint density at radius 3 is 2.69 bits per heavy atom. The Morgan fingerprint density at radius 2 is 2.06 bits per heavy atom. The second kappa shape index (κ2) is 4.80. The second-order valence-electron chi connectivity index (χ2n) is 3.11. The zero-order valence-electron chi connectivity index (χ0n) is 8.05. The van der Waals surface area contributed by atoms with Crippen LogP contribution in [0.5, 0.6) is 0 Å². The maximum Gasteiger partial charge on any atom is 0.130 e. The van der Waals surface area contributed by atoms with E-state index in [2.05, 4.69) is 26.2 Å². The van der Waals surface area contributed by atoms with E-state index in [1.807, 2.05) is 6.07 Å². The van der Waals surface area contributed by atoms with Crippen molar-refractivity contribution in [3.8, 4) is 0 Å². The zero-order chi connectivity index (χ0) is 11.5. The van der Waals surface area contributed by atoms with E-state index in [1.165, 1.54) is 12.1 Å². The highest BCUT2D eigenvalue weighted by Crippen LogP contribution is 2.25. The molecule has 1 aromatic carbocycles. The lowest BCUT2D eigenvalue weighted by Gasteiger charge is -2.07. The van der Waals surface area contributed by atoms with Gasteiger partial charge in [0.25, 0.3) is 0 Å². The SMILES string of the molecule is Fc1ccc(Nc2ccc(Br)cn2)c(Cl)c1. The highest BCUT2D eigenvalue weighted by molar-refractivity contribution is 9.10. The average molecular weight is 302 g/mol. The van der Waals surface area contributed by atoms with Gasteiger partial charge in [0.15, 0.2) is 0 Å². The molecule has 0 atom stereocenters. The van der Waals surface area contributed by atoms with Gasteiger partial charge in [-0.25, -0.2) is 9.37 Å². The molecule has 0 radical (unpaired) electrons. The topological polar surface area (TPSA) is 24.9 Å². The standard InChI is InChI=1S/C11H7BrClFN2/c12-7-1-4-11(15-6-7)16-10-3-2-8(14)5-9(10)13/h1-6H,(H,15,16). The van der Waals surface area contributed by atoms with Gasteiger partial charge in [-0.2, -0.15) is 0 Å². The number of rotatable bonds is 2. The lowest BCUT2D eigenvalue weighted by Crippen LogP contribution is -1.94. The van der Waals surface area contributed by atoms with Crippen molar-refractivity contribution in [2.45, 2.75) is 0 Å². The Hall–Kier alpha value is -1.13. The predicted octanol–water partition coefficient (Wildman–Crippen LogP) is 4.38. The molecule has 1 aromatic heterocycles. The van der Waals surface area contributed by atoms with Gasteiger partial charge in [-0.05, 0) is 46.3 Å². The van der Waals surface area contributed by atoms with Crippen molar-refractivity contribution in [2.24, 2.45) is 0 Å². The van der Waals surface area contributed by atoms with Crippen LogP contribution in [0.3, 0.4) is 0 Å². The van der Waals surface area contributed by atoms with Gasteiger partial charge >= 0.3 is 0 Å². The molecular formula is C11H7BrClFN2. The van der Waals surface area contributed by atoms with Gasteiger partial charge in [0.05, 0.1) is 10.7 Å². The van der Waals surface area contributed by atoms with Crippen LogP contribution in [0.15, 0.2) is 41.0 Å². The van der Waals surface area contributed by atoms with Gasteiger partial charge in [0, 0.05) is 10.7 Å². The van der Waals surface area contributed by atoms with Crippen LogP contribution >= 0.6 is 27.5 Å². The van der Waals surface area contributed by atoms with Gasteiger partial charge in [-0.1, -0.05) is 11.6 Å². The molecule has 0 unspecified atom stereocenters. The first-order chi connectivity index (χ1) is 7.65. The summed E-state index contributed by atoms with van der Waals surface area (Å²) in [6, 6.07) is 7.81. The Balaban J connectivity index is 2.23. The van der Waals surface area contributed by atoms with Crippen molar-refractivity contribution in [3.05, 3.63) is 51.8 Å². The molecule has 2 nitrogen and oxygen atoms in total. The van der Waals surface area contributed by atoms with Crippen LogP contribution in [0.4, 0.5) is 15.9 Å². The Morgan fingerprint density at radius 1 is 1.25 bits per heavy atom. The molecule has 0 spiro atoms. The van der Waals surface area contributed by atoms with Crippen molar-refractivity contribution in [1.82, 2.24) is 4.98 Å². The predicted molar refractivity (Wildman–Crippen MR) is 66.6 cm³/mol. The first kappa shape index (κ1) is 11.4. The summed E-state index contributed by atoms with van der Waals surface area (Å²) in [5, 5.41) is 3.32. The third-order valence-corrected chi connectivity index (χ3v) is 2.70. The van der Waals surface area contributed by atoms with E-state index >= 15 is 0 Å². The molecule has 0 bridgehead atoms. The minimum absolute atomic E-state index is 0.324. The number of aromatic nitrogens is 1. The number of hydrogen-bond donors (Lipinski definition) is 1. The quantitative estimate of drug-likeness (QED) is 0.890. The van der Waals surface area contributed by atoms with Crippen molar-refractivity contribution >= 4 is 39.0 Å². The van der Waals surface area contributed by atoms with Gasteiger partial charge in [-0.15, -0.1) is 0 Å². The molecule has 1 heterocycles. The van der Waals surface area contributed by atoms with Crippen LogP contribution in [0.2, 0.25) is 5.02 Å². The van der Waals surface area contributed by atoms with E-state index < -0.39 is 0 Å². The van der Waals surface area contributed by atoms with Gasteiger partial charge < -0.3 is 5.32 Å². The summed E-state index contributed by atoms with van der Waals surface area (Å²) >= 11 is 9.16. The van der Waals surface area contributed by atoms with E-state index in [0.717, 1.165) is 4.47 Å². The van der Waals surface area contributed by atoms with E-state index in [4.69, 9.17) is 11.6 Å². The number of benzene rings is 1. The van der Waals surface area contributed by atoms with Crippen molar-refractivity contribution in [1.29, 1.82) is 0 Å². The Labute approximate surface area is 106 Å². The molecule has 2 aromatic rings. The van der Waals surface area contributed by atoms with E-state index in [0.29, 0.717) is 16.5 Å². The highest BCUT2D eigenvalue weighted by Gasteiger charge is 2.02. The molecule has 0 aliphatic carbocycles.